The zero-order valence-corrected chi connectivity index (χ0v) is 15.6. The summed E-state index contributed by atoms with van der Waals surface area (Å²) < 4.78 is 5.26. The van der Waals surface area contributed by atoms with Gasteiger partial charge in [-0.3, -0.25) is 0 Å². The summed E-state index contributed by atoms with van der Waals surface area (Å²) in [7, 11) is 1.69. The van der Waals surface area contributed by atoms with E-state index in [2.05, 4.69) is 52.7 Å². The van der Waals surface area contributed by atoms with Gasteiger partial charge in [0, 0.05) is 13.1 Å². The van der Waals surface area contributed by atoms with Crippen LogP contribution in [0, 0.1) is 0 Å². The van der Waals surface area contributed by atoms with E-state index in [1.54, 1.807) is 7.11 Å². The zero-order valence-electron chi connectivity index (χ0n) is 14.8. The van der Waals surface area contributed by atoms with Crippen LogP contribution in [0.25, 0.3) is 0 Å². The summed E-state index contributed by atoms with van der Waals surface area (Å²) in [6.45, 7) is 2.13. The lowest BCUT2D eigenvalue weighted by molar-refractivity contribution is 0.334. The fraction of sp³-hybridized carbons (Fsp3) is 0.381. The fourth-order valence-corrected chi connectivity index (χ4v) is 3.60. The van der Waals surface area contributed by atoms with E-state index in [1.165, 1.54) is 30.4 Å². The molecular weight excluding hydrogens is 328 g/mol. The molecule has 25 heavy (non-hydrogen) atoms. The molecule has 132 valence electrons. The van der Waals surface area contributed by atoms with Gasteiger partial charge >= 0.3 is 0 Å². The van der Waals surface area contributed by atoms with E-state index in [9.17, 15) is 0 Å². The first-order valence-electron chi connectivity index (χ1n) is 8.99. The molecule has 1 aliphatic rings. The van der Waals surface area contributed by atoms with Gasteiger partial charge < -0.3 is 15.0 Å². The van der Waals surface area contributed by atoms with Crippen LogP contribution in [0.4, 0.5) is 0 Å². The van der Waals surface area contributed by atoms with Crippen LogP contribution in [0.15, 0.2) is 54.6 Å². The van der Waals surface area contributed by atoms with Gasteiger partial charge in [-0.05, 0) is 61.2 Å². The summed E-state index contributed by atoms with van der Waals surface area (Å²) in [4.78, 5) is 2.31. The van der Waals surface area contributed by atoms with Gasteiger partial charge in [0.05, 0.1) is 13.2 Å². The Morgan fingerprint density at radius 3 is 2.36 bits per heavy atom. The SMILES string of the molecule is COc1ccc(CC(NC(=S)N2CCCCC2)c2ccccc2)cc1. The molecular formula is C21H26N2OS. The molecule has 1 fully saturated rings. The van der Waals surface area contributed by atoms with Crippen molar-refractivity contribution in [3.05, 3.63) is 65.7 Å². The van der Waals surface area contributed by atoms with Gasteiger partial charge in [0.1, 0.15) is 5.75 Å². The highest BCUT2D eigenvalue weighted by Gasteiger charge is 2.18. The third kappa shape index (κ3) is 4.95. The predicted octanol–water partition coefficient (Wildman–Crippen LogP) is 4.34. The molecule has 3 rings (SSSR count). The Balaban J connectivity index is 1.73. The Hall–Kier alpha value is -2.07. The zero-order chi connectivity index (χ0) is 17.5. The van der Waals surface area contributed by atoms with Crippen molar-refractivity contribution in [1.82, 2.24) is 10.2 Å². The minimum absolute atomic E-state index is 0.170. The molecule has 1 heterocycles. The maximum absolute atomic E-state index is 5.70. The van der Waals surface area contributed by atoms with Crippen LogP contribution < -0.4 is 10.1 Å². The van der Waals surface area contributed by atoms with Gasteiger partial charge in [0.2, 0.25) is 0 Å². The molecule has 1 unspecified atom stereocenters. The molecule has 2 aromatic carbocycles. The van der Waals surface area contributed by atoms with Crippen LogP contribution in [0.3, 0.4) is 0 Å². The Morgan fingerprint density at radius 1 is 1.04 bits per heavy atom. The van der Waals surface area contributed by atoms with E-state index < -0.39 is 0 Å². The van der Waals surface area contributed by atoms with Crippen molar-refractivity contribution in [3.8, 4) is 5.75 Å². The molecule has 0 spiro atoms. The number of nitrogens with zero attached hydrogens (tertiary/aromatic N) is 1. The van der Waals surface area contributed by atoms with E-state index in [4.69, 9.17) is 17.0 Å². The Labute approximate surface area is 156 Å². The van der Waals surface area contributed by atoms with Gasteiger partial charge in [-0.1, -0.05) is 42.5 Å². The largest absolute Gasteiger partial charge is 0.497 e. The lowest BCUT2D eigenvalue weighted by Gasteiger charge is -2.32. The van der Waals surface area contributed by atoms with Crippen LogP contribution >= 0.6 is 12.2 Å². The lowest BCUT2D eigenvalue weighted by Crippen LogP contribution is -2.44. The fourth-order valence-electron chi connectivity index (χ4n) is 3.27. The maximum atomic E-state index is 5.70. The molecule has 0 saturated carbocycles. The molecule has 0 amide bonds. The molecule has 1 aliphatic heterocycles. The third-order valence-electron chi connectivity index (χ3n) is 4.74. The average molecular weight is 355 g/mol. The van der Waals surface area contributed by atoms with Gasteiger partial charge in [-0.15, -0.1) is 0 Å². The minimum atomic E-state index is 0.170. The van der Waals surface area contributed by atoms with Crippen LogP contribution in [0.5, 0.6) is 5.75 Å². The molecule has 0 bridgehead atoms. The van der Waals surface area contributed by atoms with Crippen LogP contribution in [0.1, 0.15) is 36.4 Å². The van der Waals surface area contributed by atoms with Crippen molar-refractivity contribution in [3.63, 3.8) is 0 Å². The van der Waals surface area contributed by atoms with Crippen molar-refractivity contribution in [1.29, 1.82) is 0 Å². The number of methoxy groups -OCH3 is 1. The Morgan fingerprint density at radius 2 is 1.72 bits per heavy atom. The first kappa shape index (κ1) is 17.7. The normalized spacial score (nSPS) is 15.5. The van der Waals surface area contributed by atoms with Crippen LogP contribution in [-0.4, -0.2) is 30.2 Å². The van der Waals surface area contributed by atoms with E-state index in [0.717, 1.165) is 30.4 Å². The molecule has 1 saturated heterocycles. The van der Waals surface area contributed by atoms with Crippen molar-refractivity contribution in [2.75, 3.05) is 20.2 Å². The van der Waals surface area contributed by atoms with Gasteiger partial charge in [-0.2, -0.15) is 0 Å². The van der Waals surface area contributed by atoms with Crippen molar-refractivity contribution >= 4 is 17.3 Å². The Kier molecular flexibility index (Phi) is 6.29. The number of nitrogens with one attached hydrogen (secondary N) is 1. The monoisotopic (exact) mass is 354 g/mol. The number of piperidine rings is 1. The molecule has 2 aromatic rings. The number of ether oxygens (including phenoxy) is 1. The molecule has 3 nitrogen and oxygen atoms in total. The first-order chi connectivity index (χ1) is 12.3. The number of benzene rings is 2. The van der Waals surface area contributed by atoms with E-state index in [0.29, 0.717) is 0 Å². The smallest absolute Gasteiger partial charge is 0.169 e. The second kappa shape index (κ2) is 8.86. The average Bonchev–Trinajstić information content (AvgIpc) is 2.69. The highest BCUT2D eigenvalue weighted by atomic mass is 32.1. The summed E-state index contributed by atoms with van der Waals surface area (Å²) in [6.07, 6.45) is 4.67. The number of hydrogen-bond donors (Lipinski definition) is 1. The van der Waals surface area contributed by atoms with Crippen molar-refractivity contribution in [2.45, 2.75) is 31.7 Å². The second-order valence-electron chi connectivity index (χ2n) is 6.51. The van der Waals surface area contributed by atoms with Gasteiger partial charge in [-0.25, -0.2) is 0 Å². The molecule has 0 radical (unpaired) electrons. The third-order valence-corrected chi connectivity index (χ3v) is 5.12. The maximum Gasteiger partial charge on any atom is 0.169 e. The summed E-state index contributed by atoms with van der Waals surface area (Å²) >= 11 is 5.70. The highest BCUT2D eigenvalue weighted by Crippen LogP contribution is 2.21. The van der Waals surface area contributed by atoms with Gasteiger partial charge in [0.15, 0.2) is 5.11 Å². The predicted molar refractivity (Wildman–Crippen MR) is 107 cm³/mol. The number of thiocarbonyl (C=S) groups is 1. The van der Waals surface area contributed by atoms with E-state index in [1.807, 2.05) is 12.1 Å². The lowest BCUT2D eigenvalue weighted by atomic mass is 9.99. The number of hydrogen-bond acceptors (Lipinski definition) is 2. The van der Waals surface area contributed by atoms with Crippen molar-refractivity contribution in [2.24, 2.45) is 0 Å². The standard InChI is InChI=1S/C21H26N2OS/c1-24-19-12-10-17(11-13-19)16-20(18-8-4-2-5-9-18)22-21(25)23-14-6-3-7-15-23/h2,4-5,8-13,20H,3,6-7,14-16H2,1H3,(H,22,25). The second-order valence-corrected chi connectivity index (χ2v) is 6.90. The summed E-state index contributed by atoms with van der Waals surface area (Å²) in [5.41, 5.74) is 2.53. The summed E-state index contributed by atoms with van der Waals surface area (Å²) in [5.74, 6) is 0.886. The molecule has 0 aromatic heterocycles. The molecule has 0 aliphatic carbocycles. The quantitative estimate of drug-likeness (QED) is 0.807. The highest BCUT2D eigenvalue weighted by molar-refractivity contribution is 7.80. The van der Waals surface area contributed by atoms with E-state index in [-0.39, 0.29) is 6.04 Å². The Bertz CT molecular complexity index is 666. The number of rotatable bonds is 5. The summed E-state index contributed by atoms with van der Waals surface area (Å²) in [5, 5.41) is 4.48. The van der Waals surface area contributed by atoms with E-state index >= 15 is 0 Å². The van der Waals surface area contributed by atoms with Gasteiger partial charge in [0.25, 0.3) is 0 Å². The number of likely N-dealkylation sites (tertiary alicyclic amines) is 1. The summed E-state index contributed by atoms with van der Waals surface area (Å²) in [6, 6.07) is 19.0. The van der Waals surface area contributed by atoms with Crippen LogP contribution in [-0.2, 0) is 6.42 Å². The van der Waals surface area contributed by atoms with Crippen molar-refractivity contribution < 1.29 is 4.74 Å². The molecule has 1 atom stereocenters. The minimum Gasteiger partial charge on any atom is -0.497 e. The molecule has 4 heteroatoms. The van der Waals surface area contributed by atoms with Crippen LogP contribution in [0.2, 0.25) is 0 Å². The molecule has 1 N–H and O–H groups in total. The first-order valence-corrected chi connectivity index (χ1v) is 9.40. The topological polar surface area (TPSA) is 24.5 Å².